The number of aryl methyl sites for hydroxylation is 1. The Bertz CT molecular complexity index is 632. The van der Waals surface area contributed by atoms with Gasteiger partial charge in [0.05, 0.1) is 11.4 Å². The number of anilines is 2. The standard InChI is InChI=1S/C16H19BrClN3/c1-11-10-21(13-5-3-2-4-6-13)16(19-11)20-15-8-7-12(18)9-14(15)17/h7-10,13H,2-6H2,1H3,(H,19,20). The van der Waals surface area contributed by atoms with Gasteiger partial charge in [-0.25, -0.2) is 4.98 Å². The van der Waals surface area contributed by atoms with Crippen LogP contribution in [0.4, 0.5) is 11.6 Å². The first-order valence-electron chi connectivity index (χ1n) is 7.41. The third kappa shape index (κ3) is 3.43. The van der Waals surface area contributed by atoms with Gasteiger partial charge in [0.15, 0.2) is 0 Å². The Morgan fingerprint density at radius 1 is 1.29 bits per heavy atom. The molecule has 0 radical (unpaired) electrons. The van der Waals surface area contributed by atoms with Crippen molar-refractivity contribution in [3.8, 4) is 0 Å². The van der Waals surface area contributed by atoms with Crippen molar-refractivity contribution >= 4 is 39.2 Å². The van der Waals surface area contributed by atoms with Crippen LogP contribution in [0.15, 0.2) is 28.9 Å². The van der Waals surface area contributed by atoms with Gasteiger partial charge >= 0.3 is 0 Å². The monoisotopic (exact) mass is 367 g/mol. The number of imidazole rings is 1. The highest BCUT2D eigenvalue weighted by Crippen LogP contribution is 2.33. The first-order valence-corrected chi connectivity index (χ1v) is 8.58. The number of benzene rings is 1. The van der Waals surface area contributed by atoms with E-state index in [9.17, 15) is 0 Å². The van der Waals surface area contributed by atoms with E-state index in [1.54, 1.807) is 0 Å². The lowest BCUT2D eigenvalue weighted by Gasteiger charge is -2.25. The van der Waals surface area contributed by atoms with Crippen molar-refractivity contribution in [2.24, 2.45) is 0 Å². The van der Waals surface area contributed by atoms with Crippen LogP contribution >= 0.6 is 27.5 Å². The minimum Gasteiger partial charge on any atom is -0.325 e. The highest BCUT2D eigenvalue weighted by atomic mass is 79.9. The second-order valence-electron chi connectivity index (χ2n) is 5.65. The van der Waals surface area contributed by atoms with Crippen LogP contribution in [-0.4, -0.2) is 9.55 Å². The van der Waals surface area contributed by atoms with Crippen LogP contribution in [0.2, 0.25) is 5.02 Å². The fourth-order valence-corrected chi connectivity index (χ4v) is 3.74. The van der Waals surface area contributed by atoms with E-state index in [1.165, 1.54) is 32.1 Å². The molecule has 1 aromatic heterocycles. The molecule has 1 heterocycles. The molecule has 1 aliphatic rings. The number of nitrogens with zero attached hydrogens (tertiary/aromatic N) is 2. The topological polar surface area (TPSA) is 29.9 Å². The molecule has 5 heteroatoms. The maximum Gasteiger partial charge on any atom is 0.207 e. The second kappa shape index (κ2) is 6.41. The van der Waals surface area contributed by atoms with Crippen molar-refractivity contribution in [1.29, 1.82) is 0 Å². The summed E-state index contributed by atoms with van der Waals surface area (Å²) in [5, 5.41) is 4.15. The van der Waals surface area contributed by atoms with Crippen LogP contribution in [0.25, 0.3) is 0 Å². The molecule has 3 rings (SSSR count). The van der Waals surface area contributed by atoms with E-state index < -0.39 is 0 Å². The average molecular weight is 369 g/mol. The average Bonchev–Trinajstić information content (AvgIpc) is 2.84. The molecule has 0 unspecified atom stereocenters. The molecule has 1 fully saturated rings. The summed E-state index contributed by atoms with van der Waals surface area (Å²) < 4.78 is 3.25. The largest absolute Gasteiger partial charge is 0.325 e. The fourth-order valence-electron chi connectivity index (χ4n) is 2.96. The minimum atomic E-state index is 0.563. The summed E-state index contributed by atoms with van der Waals surface area (Å²) >= 11 is 9.55. The zero-order valence-corrected chi connectivity index (χ0v) is 14.4. The van der Waals surface area contributed by atoms with Gasteiger partial charge in [0.25, 0.3) is 0 Å². The molecule has 0 atom stereocenters. The Kier molecular flexibility index (Phi) is 4.55. The summed E-state index contributed by atoms with van der Waals surface area (Å²) in [6.45, 7) is 2.04. The predicted octanol–water partition coefficient (Wildman–Crippen LogP) is 5.86. The highest BCUT2D eigenvalue weighted by molar-refractivity contribution is 9.10. The van der Waals surface area contributed by atoms with Crippen molar-refractivity contribution in [2.45, 2.75) is 45.1 Å². The van der Waals surface area contributed by atoms with Crippen LogP contribution in [0.1, 0.15) is 43.8 Å². The van der Waals surface area contributed by atoms with Crippen molar-refractivity contribution in [1.82, 2.24) is 9.55 Å². The van der Waals surface area contributed by atoms with Crippen molar-refractivity contribution in [3.05, 3.63) is 39.6 Å². The fraction of sp³-hybridized carbons (Fsp3) is 0.438. The third-order valence-electron chi connectivity index (χ3n) is 4.00. The summed E-state index contributed by atoms with van der Waals surface area (Å²) in [7, 11) is 0. The molecule has 0 amide bonds. The molecule has 21 heavy (non-hydrogen) atoms. The molecule has 0 spiro atoms. The molecule has 1 saturated carbocycles. The van der Waals surface area contributed by atoms with Gasteiger partial charge in [-0.2, -0.15) is 0 Å². The second-order valence-corrected chi connectivity index (χ2v) is 6.94. The molecule has 112 valence electrons. The van der Waals surface area contributed by atoms with E-state index in [4.69, 9.17) is 11.6 Å². The van der Waals surface area contributed by atoms with E-state index >= 15 is 0 Å². The van der Waals surface area contributed by atoms with Crippen LogP contribution in [0, 0.1) is 6.92 Å². The van der Waals surface area contributed by atoms with Crippen molar-refractivity contribution in [3.63, 3.8) is 0 Å². The molecule has 0 bridgehead atoms. The summed E-state index contributed by atoms with van der Waals surface area (Å²) in [4.78, 5) is 4.64. The smallest absolute Gasteiger partial charge is 0.207 e. The number of halogens is 2. The Morgan fingerprint density at radius 2 is 2.05 bits per heavy atom. The summed E-state index contributed by atoms with van der Waals surface area (Å²) in [6.07, 6.45) is 8.62. The predicted molar refractivity (Wildman–Crippen MR) is 91.5 cm³/mol. The lowest BCUT2D eigenvalue weighted by atomic mass is 9.95. The SMILES string of the molecule is Cc1cn(C2CCCCC2)c(Nc2ccc(Cl)cc2Br)n1. The van der Waals surface area contributed by atoms with Gasteiger partial charge in [-0.05, 0) is 53.9 Å². The number of nitrogens with one attached hydrogen (secondary N) is 1. The van der Waals surface area contributed by atoms with Gasteiger partial charge in [0, 0.05) is 21.7 Å². The van der Waals surface area contributed by atoms with Gasteiger partial charge in [-0.15, -0.1) is 0 Å². The maximum atomic E-state index is 6.00. The lowest BCUT2D eigenvalue weighted by molar-refractivity contribution is 0.356. The Labute approximate surface area is 138 Å². The summed E-state index contributed by atoms with van der Waals surface area (Å²) in [5.41, 5.74) is 2.04. The van der Waals surface area contributed by atoms with Crippen LogP contribution < -0.4 is 5.32 Å². The maximum absolute atomic E-state index is 6.00. The third-order valence-corrected chi connectivity index (χ3v) is 4.89. The molecule has 1 aliphatic carbocycles. The number of hydrogen-bond acceptors (Lipinski definition) is 2. The highest BCUT2D eigenvalue weighted by Gasteiger charge is 2.19. The normalized spacial score (nSPS) is 16.1. The van der Waals surface area contributed by atoms with E-state index in [0.717, 1.165) is 26.8 Å². The summed E-state index contributed by atoms with van der Waals surface area (Å²) in [6, 6.07) is 6.32. The van der Waals surface area contributed by atoms with Gasteiger partial charge in [0.1, 0.15) is 0 Å². The minimum absolute atomic E-state index is 0.563. The first-order chi connectivity index (χ1) is 10.1. The van der Waals surface area contributed by atoms with E-state index in [-0.39, 0.29) is 0 Å². The molecule has 0 aliphatic heterocycles. The number of aromatic nitrogens is 2. The number of rotatable bonds is 3. The molecular formula is C16H19BrClN3. The molecule has 2 aromatic rings. The zero-order chi connectivity index (χ0) is 14.8. The van der Waals surface area contributed by atoms with Gasteiger partial charge < -0.3 is 9.88 Å². The van der Waals surface area contributed by atoms with E-state index in [2.05, 4.69) is 37.0 Å². The zero-order valence-electron chi connectivity index (χ0n) is 12.1. The van der Waals surface area contributed by atoms with Crippen molar-refractivity contribution in [2.75, 3.05) is 5.32 Å². The Morgan fingerprint density at radius 3 is 2.76 bits per heavy atom. The Hall–Kier alpha value is -1.000. The van der Waals surface area contributed by atoms with E-state index in [0.29, 0.717) is 6.04 Å². The first kappa shape index (κ1) is 14.9. The van der Waals surface area contributed by atoms with Crippen molar-refractivity contribution < 1.29 is 0 Å². The quantitative estimate of drug-likeness (QED) is 0.735. The molecular weight excluding hydrogens is 350 g/mol. The van der Waals surface area contributed by atoms with Gasteiger partial charge in [-0.3, -0.25) is 0 Å². The molecule has 1 N–H and O–H groups in total. The van der Waals surface area contributed by atoms with Crippen LogP contribution in [-0.2, 0) is 0 Å². The Balaban J connectivity index is 1.87. The van der Waals surface area contributed by atoms with E-state index in [1.807, 2.05) is 25.1 Å². The molecule has 3 nitrogen and oxygen atoms in total. The molecule has 1 aromatic carbocycles. The van der Waals surface area contributed by atoms with Crippen LogP contribution in [0.5, 0.6) is 0 Å². The lowest BCUT2D eigenvalue weighted by Crippen LogP contribution is -2.14. The van der Waals surface area contributed by atoms with Gasteiger partial charge in [-0.1, -0.05) is 30.9 Å². The van der Waals surface area contributed by atoms with Crippen LogP contribution in [0.3, 0.4) is 0 Å². The number of hydrogen-bond donors (Lipinski definition) is 1. The van der Waals surface area contributed by atoms with Gasteiger partial charge in [0.2, 0.25) is 5.95 Å². The molecule has 0 saturated heterocycles. The summed E-state index contributed by atoms with van der Waals surface area (Å²) in [5.74, 6) is 0.919.